The minimum absolute atomic E-state index is 0.0898. The van der Waals surface area contributed by atoms with Gasteiger partial charge in [0.2, 0.25) is 0 Å². The van der Waals surface area contributed by atoms with Gasteiger partial charge < -0.3 is 19.7 Å². The number of methoxy groups -OCH3 is 2. The smallest absolute Gasteiger partial charge is 0.134 e. The maximum absolute atomic E-state index is 5.44. The van der Waals surface area contributed by atoms with Gasteiger partial charge in [-0.2, -0.15) is 0 Å². The van der Waals surface area contributed by atoms with E-state index in [9.17, 15) is 0 Å². The molecule has 2 atom stereocenters. The van der Waals surface area contributed by atoms with Crippen LogP contribution in [-0.4, -0.2) is 56.0 Å². The predicted octanol–water partition coefficient (Wildman–Crippen LogP) is 1.15. The van der Waals surface area contributed by atoms with Crippen molar-refractivity contribution in [1.82, 2.24) is 9.97 Å². The number of hydrogen-bond acceptors (Lipinski definition) is 6. The number of ether oxygens (including phenoxy) is 2. The number of anilines is 2. The second-order valence-electron chi connectivity index (χ2n) is 4.64. The fourth-order valence-electron chi connectivity index (χ4n) is 2.25. The van der Waals surface area contributed by atoms with Crippen molar-refractivity contribution in [2.24, 2.45) is 0 Å². The second-order valence-corrected chi connectivity index (χ2v) is 4.64. The van der Waals surface area contributed by atoms with Crippen LogP contribution in [0, 0.1) is 0 Å². The van der Waals surface area contributed by atoms with Gasteiger partial charge in [-0.3, -0.25) is 0 Å². The molecule has 2 rings (SSSR count). The lowest BCUT2D eigenvalue weighted by Crippen LogP contribution is -2.27. The van der Waals surface area contributed by atoms with Gasteiger partial charge in [0.15, 0.2) is 0 Å². The van der Waals surface area contributed by atoms with Gasteiger partial charge in [0.05, 0.1) is 0 Å². The molecule has 0 amide bonds. The molecule has 0 aliphatic carbocycles. The molecule has 1 N–H and O–H groups in total. The summed E-state index contributed by atoms with van der Waals surface area (Å²) in [5, 5.41) is 3.27. The van der Waals surface area contributed by atoms with Crippen molar-refractivity contribution in [3.05, 3.63) is 12.4 Å². The van der Waals surface area contributed by atoms with Crippen LogP contribution in [0.5, 0.6) is 0 Å². The highest BCUT2D eigenvalue weighted by Gasteiger charge is 2.33. The van der Waals surface area contributed by atoms with Crippen LogP contribution >= 0.6 is 0 Å². The summed E-state index contributed by atoms with van der Waals surface area (Å²) in [5.74, 6) is 1.77. The summed E-state index contributed by atoms with van der Waals surface area (Å²) in [7, 11) is 3.43. The van der Waals surface area contributed by atoms with Gasteiger partial charge in [-0.05, 0) is 6.42 Å². The Morgan fingerprint density at radius 3 is 2.53 bits per heavy atom. The molecule has 19 heavy (non-hydrogen) atoms. The molecule has 2 unspecified atom stereocenters. The Hall–Kier alpha value is -1.40. The summed E-state index contributed by atoms with van der Waals surface area (Å²) in [5.41, 5.74) is 0. The van der Waals surface area contributed by atoms with Gasteiger partial charge in [-0.15, -0.1) is 0 Å². The fraction of sp³-hybridized carbons (Fsp3) is 0.692. The first kappa shape index (κ1) is 14.0. The topological polar surface area (TPSA) is 59.5 Å². The third-order valence-corrected chi connectivity index (χ3v) is 3.35. The van der Waals surface area contributed by atoms with Crippen LogP contribution in [-0.2, 0) is 9.47 Å². The lowest BCUT2D eigenvalue weighted by Gasteiger charge is -2.17. The van der Waals surface area contributed by atoms with Crippen molar-refractivity contribution >= 4 is 11.6 Å². The molecule has 0 spiro atoms. The van der Waals surface area contributed by atoms with E-state index >= 15 is 0 Å². The van der Waals surface area contributed by atoms with Crippen LogP contribution in [0.25, 0.3) is 0 Å². The van der Waals surface area contributed by atoms with Crippen molar-refractivity contribution in [3.8, 4) is 0 Å². The number of rotatable bonds is 6. The molecule has 106 valence electrons. The summed E-state index contributed by atoms with van der Waals surface area (Å²) in [6.07, 6.45) is 2.84. The maximum atomic E-state index is 5.44. The molecule has 0 bridgehead atoms. The Bertz CT molecular complexity index is 390. The van der Waals surface area contributed by atoms with Crippen LogP contribution in [0.15, 0.2) is 12.4 Å². The minimum atomic E-state index is 0.0898. The molecule has 1 aromatic rings. The number of nitrogens with zero attached hydrogens (tertiary/aromatic N) is 3. The molecule has 0 radical (unpaired) electrons. The summed E-state index contributed by atoms with van der Waals surface area (Å²) >= 11 is 0. The molecule has 0 saturated carbocycles. The van der Waals surface area contributed by atoms with Crippen molar-refractivity contribution in [1.29, 1.82) is 0 Å². The highest BCUT2D eigenvalue weighted by atomic mass is 16.5. The minimum Gasteiger partial charge on any atom is -0.377 e. The van der Waals surface area contributed by atoms with Gasteiger partial charge in [0.25, 0.3) is 0 Å². The molecular weight excluding hydrogens is 244 g/mol. The van der Waals surface area contributed by atoms with Gasteiger partial charge in [0, 0.05) is 39.9 Å². The molecule has 1 saturated heterocycles. The molecule has 6 nitrogen and oxygen atoms in total. The first-order valence-electron chi connectivity index (χ1n) is 6.65. The lowest BCUT2D eigenvalue weighted by atomic mass is 10.3. The normalized spacial score (nSPS) is 22.8. The Kier molecular flexibility index (Phi) is 4.93. The van der Waals surface area contributed by atoms with Gasteiger partial charge >= 0.3 is 0 Å². The predicted molar refractivity (Wildman–Crippen MR) is 74.6 cm³/mol. The van der Waals surface area contributed by atoms with Gasteiger partial charge in [0.1, 0.15) is 30.2 Å². The monoisotopic (exact) mass is 266 g/mol. The number of nitrogens with one attached hydrogen (secondary N) is 1. The zero-order chi connectivity index (χ0) is 13.7. The van der Waals surface area contributed by atoms with Crippen LogP contribution in [0.2, 0.25) is 0 Å². The quantitative estimate of drug-likeness (QED) is 0.833. The Morgan fingerprint density at radius 2 is 1.95 bits per heavy atom. The van der Waals surface area contributed by atoms with E-state index in [2.05, 4.69) is 27.1 Å². The molecule has 0 aromatic carbocycles. The Balaban J connectivity index is 2.05. The van der Waals surface area contributed by atoms with E-state index in [1.54, 1.807) is 20.5 Å². The summed E-state index contributed by atoms with van der Waals surface area (Å²) in [4.78, 5) is 10.7. The van der Waals surface area contributed by atoms with Crippen molar-refractivity contribution in [3.63, 3.8) is 0 Å². The fourth-order valence-corrected chi connectivity index (χ4v) is 2.25. The van der Waals surface area contributed by atoms with E-state index in [0.29, 0.717) is 0 Å². The van der Waals surface area contributed by atoms with E-state index in [-0.39, 0.29) is 12.2 Å². The van der Waals surface area contributed by atoms with Crippen LogP contribution in [0.4, 0.5) is 11.6 Å². The summed E-state index contributed by atoms with van der Waals surface area (Å²) < 4.78 is 10.9. The van der Waals surface area contributed by atoms with Gasteiger partial charge in [-0.25, -0.2) is 9.97 Å². The Morgan fingerprint density at radius 1 is 1.26 bits per heavy atom. The van der Waals surface area contributed by atoms with Crippen molar-refractivity contribution in [2.45, 2.75) is 25.6 Å². The average Bonchev–Trinajstić information content (AvgIpc) is 2.88. The standard InChI is InChI=1S/C13H22N4O2/c1-4-5-14-12-6-13(16-9-15-12)17-7-10(18-2)11(8-17)19-3/h6,9-11H,4-5,7-8H2,1-3H3,(H,14,15,16). The van der Waals surface area contributed by atoms with Crippen molar-refractivity contribution < 1.29 is 9.47 Å². The van der Waals surface area contributed by atoms with E-state index in [1.807, 2.05) is 6.07 Å². The highest BCUT2D eigenvalue weighted by molar-refractivity contribution is 5.49. The zero-order valence-corrected chi connectivity index (χ0v) is 11.8. The summed E-state index contributed by atoms with van der Waals surface area (Å²) in [6.45, 7) is 4.62. The first-order chi connectivity index (χ1) is 9.28. The third kappa shape index (κ3) is 3.33. The largest absolute Gasteiger partial charge is 0.377 e. The van der Waals surface area contributed by atoms with Crippen molar-refractivity contribution in [2.75, 3.05) is 44.1 Å². The van der Waals surface area contributed by atoms with E-state index < -0.39 is 0 Å². The lowest BCUT2D eigenvalue weighted by molar-refractivity contribution is -0.00461. The molecule has 1 aliphatic heterocycles. The number of hydrogen-bond donors (Lipinski definition) is 1. The molecule has 6 heteroatoms. The molecule has 2 heterocycles. The zero-order valence-electron chi connectivity index (χ0n) is 11.8. The molecule has 1 aliphatic rings. The molecular formula is C13H22N4O2. The van der Waals surface area contributed by atoms with Gasteiger partial charge in [-0.1, -0.05) is 6.92 Å². The summed E-state index contributed by atoms with van der Waals surface area (Å²) in [6, 6.07) is 1.97. The maximum Gasteiger partial charge on any atom is 0.134 e. The SMILES string of the molecule is CCCNc1cc(N2CC(OC)C(OC)C2)ncn1. The van der Waals surface area contributed by atoms with E-state index in [4.69, 9.17) is 9.47 Å². The van der Waals surface area contributed by atoms with Crippen LogP contribution in [0.1, 0.15) is 13.3 Å². The average molecular weight is 266 g/mol. The second kappa shape index (κ2) is 6.68. The van der Waals surface area contributed by atoms with Crippen LogP contribution < -0.4 is 10.2 Å². The third-order valence-electron chi connectivity index (χ3n) is 3.35. The molecule has 1 aromatic heterocycles. The van der Waals surface area contributed by atoms with E-state index in [0.717, 1.165) is 37.7 Å². The van der Waals surface area contributed by atoms with Crippen LogP contribution in [0.3, 0.4) is 0 Å². The molecule has 1 fully saturated rings. The Labute approximate surface area is 114 Å². The number of aromatic nitrogens is 2. The van der Waals surface area contributed by atoms with E-state index in [1.165, 1.54) is 0 Å². The first-order valence-corrected chi connectivity index (χ1v) is 6.65. The highest BCUT2D eigenvalue weighted by Crippen LogP contribution is 2.22.